The number of hydrogen-bond donors (Lipinski definition) is 3. The van der Waals surface area contributed by atoms with E-state index >= 15 is 0 Å². The second kappa shape index (κ2) is 9.64. The van der Waals surface area contributed by atoms with Crippen LogP contribution in [0.15, 0.2) is 6.07 Å². The molecule has 10 nitrogen and oxygen atoms in total. The summed E-state index contributed by atoms with van der Waals surface area (Å²) in [6.07, 6.45) is 0.835. The fraction of sp³-hybridized carbons (Fsp3) is 0.632. The lowest BCUT2D eigenvalue weighted by Crippen LogP contribution is -2.49. The number of fused-ring (bicyclic) bond motifs is 1. The molecular weight excluding hydrogens is 380 g/mol. The lowest BCUT2D eigenvalue weighted by molar-refractivity contribution is -0.143. The van der Waals surface area contributed by atoms with Gasteiger partial charge < -0.3 is 29.8 Å². The molecule has 1 aromatic heterocycles. The molecule has 0 aromatic carbocycles. The zero-order valence-corrected chi connectivity index (χ0v) is 17.4. The molecule has 0 spiro atoms. The molecule has 0 atom stereocenters. The number of aromatic nitrogens is 1. The Hall–Kier alpha value is -2.75. The second-order valence-electron chi connectivity index (χ2n) is 7.71. The van der Waals surface area contributed by atoms with Gasteiger partial charge in [0.1, 0.15) is 24.7 Å². The summed E-state index contributed by atoms with van der Waals surface area (Å²) in [6, 6.07) is 1.43. The highest BCUT2D eigenvalue weighted by molar-refractivity contribution is 5.95. The van der Waals surface area contributed by atoms with Crippen molar-refractivity contribution in [1.82, 2.24) is 15.2 Å². The van der Waals surface area contributed by atoms with Crippen LogP contribution in [0.2, 0.25) is 0 Å². The number of ether oxygens (including phenoxy) is 2. The number of aromatic amines is 1. The molecule has 0 unspecified atom stereocenters. The number of nitrogens with one attached hydrogen (secondary N) is 2. The fourth-order valence-electron chi connectivity index (χ4n) is 2.98. The van der Waals surface area contributed by atoms with Gasteiger partial charge in [0.2, 0.25) is 0 Å². The molecule has 0 saturated carbocycles. The first kappa shape index (κ1) is 22.5. The van der Waals surface area contributed by atoms with Crippen LogP contribution >= 0.6 is 0 Å². The van der Waals surface area contributed by atoms with Gasteiger partial charge in [-0.05, 0) is 46.6 Å². The van der Waals surface area contributed by atoms with E-state index in [1.54, 1.807) is 27.7 Å². The Kier molecular flexibility index (Phi) is 7.49. The maximum atomic E-state index is 12.5. The summed E-state index contributed by atoms with van der Waals surface area (Å²) < 4.78 is 10.1. The quantitative estimate of drug-likeness (QED) is 0.443. The highest BCUT2D eigenvalue weighted by Crippen LogP contribution is 2.29. The van der Waals surface area contributed by atoms with Gasteiger partial charge in [-0.3, -0.25) is 9.69 Å². The van der Waals surface area contributed by atoms with Crippen LogP contribution in [0, 0.1) is 0 Å². The van der Waals surface area contributed by atoms with Gasteiger partial charge in [0.25, 0.3) is 0 Å². The van der Waals surface area contributed by atoms with E-state index in [9.17, 15) is 19.5 Å². The molecule has 0 saturated heterocycles. The van der Waals surface area contributed by atoms with E-state index in [4.69, 9.17) is 9.47 Å². The molecule has 29 heavy (non-hydrogen) atoms. The number of aliphatic hydroxyl groups excluding tert-OH is 1. The number of amides is 3. The lowest BCUT2D eigenvalue weighted by atomic mass is 10.2. The van der Waals surface area contributed by atoms with Crippen molar-refractivity contribution in [2.45, 2.75) is 52.7 Å². The van der Waals surface area contributed by atoms with E-state index in [1.165, 1.54) is 9.80 Å². The average Bonchev–Trinajstić information content (AvgIpc) is 3.00. The molecule has 3 N–H and O–H groups in total. The number of anilines is 1. The monoisotopic (exact) mass is 410 g/mol. The Morgan fingerprint density at radius 3 is 2.69 bits per heavy atom. The number of carbonyl (C=O) groups excluding carboxylic acids is 3. The van der Waals surface area contributed by atoms with Crippen molar-refractivity contribution < 1.29 is 29.0 Å². The van der Waals surface area contributed by atoms with Gasteiger partial charge >= 0.3 is 18.1 Å². The predicted molar refractivity (Wildman–Crippen MR) is 105 cm³/mol. The molecule has 1 aliphatic heterocycles. The Balaban J connectivity index is 1.94. The minimum Gasteiger partial charge on any atom is -0.465 e. The first-order chi connectivity index (χ1) is 13.6. The van der Waals surface area contributed by atoms with Gasteiger partial charge in [-0.1, -0.05) is 0 Å². The first-order valence-corrected chi connectivity index (χ1v) is 9.65. The number of alkyl carbamates (subject to hydrolysis) is 1. The molecule has 1 aromatic rings. The van der Waals surface area contributed by atoms with Crippen LogP contribution in [0.4, 0.5) is 15.4 Å². The number of H-pyrrole nitrogens is 1. The summed E-state index contributed by atoms with van der Waals surface area (Å²) in [4.78, 5) is 41.6. The van der Waals surface area contributed by atoms with Crippen LogP contribution in [-0.2, 0) is 27.2 Å². The smallest absolute Gasteiger partial charge is 0.407 e. The van der Waals surface area contributed by atoms with Crippen LogP contribution in [-0.4, -0.2) is 65.1 Å². The van der Waals surface area contributed by atoms with E-state index in [0.717, 1.165) is 11.3 Å². The number of rotatable bonds is 8. The van der Waals surface area contributed by atoms with E-state index in [0.29, 0.717) is 25.2 Å². The van der Waals surface area contributed by atoms with Gasteiger partial charge in [0.15, 0.2) is 0 Å². The maximum absolute atomic E-state index is 12.5. The predicted octanol–water partition coefficient (Wildman–Crippen LogP) is 1.73. The Labute approximate surface area is 170 Å². The average molecular weight is 410 g/mol. The van der Waals surface area contributed by atoms with Gasteiger partial charge in [0, 0.05) is 17.8 Å². The number of urea groups is 1. The summed E-state index contributed by atoms with van der Waals surface area (Å²) >= 11 is 0. The minimum absolute atomic E-state index is 0.178. The highest BCUT2D eigenvalue weighted by Gasteiger charge is 2.33. The molecule has 0 fully saturated rings. The third kappa shape index (κ3) is 6.38. The topological polar surface area (TPSA) is 124 Å². The van der Waals surface area contributed by atoms with Crippen LogP contribution in [0.1, 0.15) is 45.4 Å². The van der Waals surface area contributed by atoms with Gasteiger partial charge in [0.05, 0.1) is 13.2 Å². The second-order valence-corrected chi connectivity index (χ2v) is 7.71. The molecular formula is C19H30N4O6. The zero-order chi connectivity index (χ0) is 21.6. The number of aryl methyl sites for hydroxylation is 1. The largest absolute Gasteiger partial charge is 0.465 e. The van der Waals surface area contributed by atoms with Gasteiger partial charge in [-0.2, -0.15) is 0 Å². The molecule has 2 heterocycles. The summed E-state index contributed by atoms with van der Waals surface area (Å²) in [7, 11) is 0. The van der Waals surface area contributed by atoms with Crippen molar-refractivity contribution in [3.63, 3.8) is 0 Å². The number of carbonyl (C=O) groups is 3. The van der Waals surface area contributed by atoms with Crippen molar-refractivity contribution >= 4 is 23.9 Å². The minimum atomic E-state index is -0.543. The third-order valence-corrected chi connectivity index (χ3v) is 4.12. The first-order valence-electron chi connectivity index (χ1n) is 9.65. The lowest BCUT2D eigenvalue weighted by Gasteiger charge is -2.33. The van der Waals surface area contributed by atoms with E-state index in [1.807, 2.05) is 6.07 Å². The summed E-state index contributed by atoms with van der Waals surface area (Å²) in [5.74, 6) is 0.0267. The van der Waals surface area contributed by atoms with Crippen molar-refractivity contribution in [1.29, 1.82) is 0 Å². The Morgan fingerprint density at radius 1 is 1.34 bits per heavy atom. The molecule has 2 rings (SSSR count). The third-order valence-electron chi connectivity index (χ3n) is 4.12. The molecule has 162 valence electrons. The Bertz CT molecular complexity index is 740. The van der Waals surface area contributed by atoms with E-state index < -0.39 is 30.4 Å². The molecule has 0 bridgehead atoms. The number of esters is 1. The van der Waals surface area contributed by atoms with E-state index in [-0.39, 0.29) is 19.7 Å². The van der Waals surface area contributed by atoms with E-state index in [2.05, 4.69) is 10.3 Å². The van der Waals surface area contributed by atoms with Crippen molar-refractivity contribution in [3.8, 4) is 0 Å². The molecule has 10 heteroatoms. The van der Waals surface area contributed by atoms with Crippen LogP contribution in [0.25, 0.3) is 0 Å². The van der Waals surface area contributed by atoms with Crippen molar-refractivity contribution in [2.75, 3.05) is 31.3 Å². The summed E-state index contributed by atoms with van der Waals surface area (Å²) in [6.45, 7) is 7.34. The SMILES string of the molecule is CCOC(=O)CN1Cc2cc(CCCNC(=O)OC(C)(C)C)[nH]c2N(CO)C1=O. The van der Waals surface area contributed by atoms with Crippen molar-refractivity contribution in [2.24, 2.45) is 0 Å². The zero-order valence-electron chi connectivity index (χ0n) is 17.4. The molecule has 0 radical (unpaired) electrons. The van der Waals surface area contributed by atoms with Crippen LogP contribution in [0.3, 0.4) is 0 Å². The fourth-order valence-corrected chi connectivity index (χ4v) is 2.98. The van der Waals surface area contributed by atoms with Crippen molar-refractivity contribution in [3.05, 3.63) is 17.3 Å². The van der Waals surface area contributed by atoms with Gasteiger partial charge in [-0.25, -0.2) is 9.59 Å². The number of aliphatic hydroxyl groups is 1. The highest BCUT2D eigenvalue weighted by atomic mass is 16.6. The summed E-state index contributed by atoms with van der Waals surface area (Å²) in [5.41, 5.74) is 1.13. The number of nitrogens with zero attached hydrogens (tertiary/aromatic N) is 2. The Morgan fingerprint density at radius 2 is 2.07 bits per heavy atom. The number of hydrogen-bond acceptors (Lipinski definition) is 6. The van der Waals surface area contributed by atoms with Gasteiger partial charge in [-0.15, -0.1) is 0 Å². The van der Waals surface area contributed by atoms with Crippen LogP contribution < -0.4 is 10.2 Å². The normalized spacial score (nSPS) is 13.9. The standard InChI is InChI=1S/C19H30N4O6/c1-5-28-15(25)11-22-10-13-9-14(21-16(13)23(12-24)18(22)27)7-6-8-20-17(26)29-19(2,3)4/h9,21,24H,5-8,10-12H2,1-4H3,(H,20,26). The summed E-state index contributed by atoms with van der Waals surface area (Å²) in [5, 5.41) is 12.3. The molecule has 3 amide bonds. The molecule has 0 aliphatic carbocycles. The maximum Gasteiger partial charge on any atom is 0.407 e. The van der Waals surface area contributed by atoms with Crippen LogP contribution in [0.5, 0.6) is 0 Å². The molecule has 1 aliphatic rings.